The molecule has 0 saturated carbocycles. The van der Waals surface area contributed by atoms with Crippen LogP contribution in [0.4, 0.5) is 14.9 Å². The second-order valence-electron chi connectivity index (χ2n) is 8.84. The minimum atomic E-state index is -0.762. The Bertz CT molecular complexity index is 1700. The Morgan fingerprint density at radius 3 is 2.66 bits per heavy atom. The molecule has 41 heavy (non-hydrogen) atoms. The standard InChI is InChI=1S/C27H25FN6O6S/c1-14-6-17(24-20(7-14)33-23(37-3)12-29-24)25-34-19-8-18(28)21(9-22(19)41-25)40-15(2)13-39-27(36)32-16-10-30-26(31-11-16)38-5-4-35/h6-12,15,35H,4-5,13H2,1-3H3,(H,32,36). The van der Waals surface area contributed by atoms with Crippen LogP contribution in [0.5, 0.6) is 17.6 Å². The number of carbonyl (C=O) groups excluding carboxylic acids is 1. The molecule has 5 rings (SSSR count). The molecule has 0 aliphatic carbocycles. The summed E-state index contributed by atoms with van der Waals surface area (Å²) >= 11 is 1.37. The zero-order chi connectivity index (χ0) is 28.9. The van der Waals surface area contributed by atoms with Gasteiger partial charge >= 0.3 is 12.1 Å². The van der Waals surface area contributed by atoms with Gasteiger partial charge in [-0.2, -0.15) is 0 Å². The second-order valence-corrected chi connectivity index (χ2v) is 9.87. The number of carbonyl (C=O) groups is 1. The SMILES string of the molecule is COc1cnc2c(-c3nc4cc(F)c(OC(C)COC(=O)Nc5cnc(OCCO)nc5)cc4s3)cc(C)cc2n1. The van der Waals surface area contributed by atoms with Crippen molar-refractivity contribution in [3.8, 4) is 28.2 Å². The number of ether oxygens (including phenoxy) is 4. The summed E-state index contributed by atoms with van der Waals surface area (Å²) in [4.78, 5) is 33.6. The van der Waals surface area contributed by atoms with E-state index in [0.29, 0.717) is 32.1 Å². The number of hydrogen-bond acceptors (Lipinski definition) is 12. The van der Waals surface area contributed by atoms with E-state index in [4.69, 9.17) is 24.1 Å². The number of anilines is 1. The number of hydrogen-bond donors (Lipinski definition) is 2. The molecule has 0 saturated heterocycles. The molecule has 3 aromatic heterocycles. The maximum atomic E-state index is 14.9. The van der Waals surface area contributed by atoms with Gasteiger partial charge in [-0.05, 0) is 31.5 Å². The number of benzene rings is 2. The van der Waals surface area contributed by atoms with E-state index in [9.17, 15) is 9.18 Å². The second kappa shape index (κ2) is 12.2. The van der Waals surface area contributed by atoms with Crippen LogP contribution in [0.15, 0.2) is 42.9 Å². The molecule has 0 spiro atoms. The molecule has 1 unspecified atom stereocenters. The number of nitrogens with zero attached hydrogens (tertiary/aromatic N) is 5. The van der Waals surface area contributed by atoms with Crippen molar-refractivity contribution in [3.05, 3.63) is 54.2 Å². The Morgan fingerprint density at radius 1 is 1.10 bits per heavy atom. The molecule has 1 amide bonds. The van der Waals surface area contributed by atoms with Gasteiger partial charge in [-0.3, -0.25) is 5.32 Å². The molecule has 3 heterocycles. The number of halogens is 1. The van der Waals surface area contributed by atoms with Crippen LogP contribution in [0.2, 0.25) is 0 Å². The minimum absolute atomic E-state index is 0.00899. The highest BCUT2D eigenvalue weighted by Crippen LogP contribution is 2.37. The molecule has 0 fully saturated rings. The Morgan fingerprint density at radius 2 is 1.90 bits per heavy atom. The van der Waals surface area contributed by atoms with E-state index in [0.717, 1.165) is 11.1 Å². The monoisotopic (exact) mass is 580 g/mol. The summed E-state index contributed by atoms with van der Waals surface area (Å²) in [6.07, 6.45) is 2.79. The molecular formula is C27H25FN6O6S. The lowest BCUT2D eigenvalue weighted by Crippen LogP contribution is -2.24. The Labute approximate surface area is 237 Å². The van der Waals surface area contributed by atoms with Crippen molar-refractivity contribution < 1.29 is 33.2 Å². The average Bonchev–Trinajstić information content (AvgIpc) is 3.37. The fourth-order valence-corrected chi connectivity index (χ4v) is 4.83. The average molecular weight is 581 g/mol. The van der Waals surface area contributed by atoms with E-state index >= 15 is 0 Å². The van der Waals surface area contributed by atoms with Crippen LogP contribution in [-0.4, -0.2) is 69.2 Å². The molecule has 12 nitrogen and oxygen atoms in total. The van der Waals surface area contributed by atoms with Crippen LogP contribution in [0.1, 0.15) is 12.5 Å². The first-order chi connectivity index (χ1) is 19.8. The summed E-state index contributed by atoms with van der Waals surface area (Å²) in [5.74, 6) is -0.175. The van der Waals surface area contributed by atoms with Gasteiger partial charge in [-0.1, -0.05) is 0 Å². The molecule has 14 heteroatoms. The van der Waals surface area contributed by atoms with Gasteiger partial charge in [0.1, 0.15) is 24.3 Å². The van der Waals surface area contributed by atoms with Gasteiger partial charge in [0.25, 0.3) is 0 Å². The summed E-state index contributed by atoms with van der Waals surface area (Å²) < 4.78 is 36.8. The summed E-state index contributed by atoms with van der Waals surface area (Å²) in [5.41, 5.74) is 3.84. The number of amides is 1. The number of aryl methyl sites for hydroxylation is 1. The molecule has 0 radical (unpaired) electrons. The van der Waals surface area contributed by atoms with E-state index < -0.39 is 18.0 Å². The number of rotatable bonds is 10. The highest BCUT2D eigenvalue weighted by Gasteiger charge is 2.18. The van der Waals surface area contributed by atoms with Gasteiger partial charge in [0.2, 0.25) is 5.88 Å². The Hall–Kier alpha value is -4.69. The third kappa shape index (κ3) is 6.56. The quantitative estimate of drug-likeness (QED) is 0.240. The third-order valence-corrected chi connectivity index (χ3v) is 6.68. The van der Waals surface area contributed by atoms with Crippen molar-refractivity contribution in [2.45, 2.75) is 20.0 Å². The largest absolute Gasteiger partial charge is 0.484 e. The van der Waals surface area contributed by atoms with Crippen LogP contribution in [0.3, 0.4) is 0 Å². The highest BCUT2D eigenvalue weighted by atomic mass is 32.1. The van der Waals surface area contributed by atoms with Gasteiger partial charge in [-0.15, -0.1) is 11.3 Å². The van der Waals surface area contributed by atoms with Gasteiger partial charge in [0.15, 0.2) is 11.6 Å². The summed E-state index contributed by atoms with van der Waals surface area (Å²) in [6.45, 7) is 3.34. The van der Waals surface area contributed by atoms with Gasteiger partial charge in [-0.25, -0.2) is 34.1 Å². The predicted molar refractivity (Wildman–Crippen MR) is 149 cm³/mol. The molecule has 0 aliphatic rings. The maximum absolute atomic E-state index is 14.9. The van der Waals surface area contributed by atoms with Crippen LogP contribution in [-0.2, 0) is 4.74 Å². The Balaban J connectivity index is 1.25. The molecule has 212 valence electrons. The lowest BCUT2D eigenvalue weighted by atomic mass is 10.1. The van der Waals surface area contributed by atoms with Crippen LogP contribution >= 0.6 is 11.3 Å². The zero-order valence-electron chi connectivity index (χ0n) is 22.3. The number of aliphatic hydroxyl groups is 1. The van der Waals surface area contributed by atoms with E-state index in [-0.39, 0.29) is 37.3 Å². The number of aromatic nitrogens is 5. The van der Waals surface area contributed by atoms with E-state index in [1.54, 1.807) is 19.2 Å². The van der Waals surface area contributed by atoms with Gasteiger partial charge in [0.05, 0.1) is 59.2 Å². The van der Waals surface area contributed by atoms with Crippen molar-refractivity contribution in [3.63, 3.8) is 0 Å². The predicted octanol–water partition coefficient (Wildman–Crippen LogP) is 4.54. The molecule has 0 aliphatic heterocycles. The first kappa shape index (κ1) is 27.9. The fourth-order valence-electron chi connectivity index (χ4n) is 3.83. The maximum Gasteiger partial charge on any atom is 0.411 e. The van der Waals surface area contributed by atoms with Crippen molar-refractivity contribution in [2.75, 3.05) is 32.2 Å². The summed E-state index contributed by atoms with van der Waals surface area (Å²) in [5, 5.41) is 11.9. The first-order valence-electron chi connectivity index (χ1n) is 12.4. The van der Waals surface area contributed by atoms with E-state index in [1.807, 2.05) is 19.1 Å². The number of methoxy groups -OCH3 is 1. The molecular weight excluding hydrogens is 555 g/mol. The third-order valence-electron chi connectivity index (χ3n) is 5.62. The highest BCUT2D eigenvalue weighted by molar-refractivity contribution is 7.21. The lowest BCUT2D eigenvalue weighted by Gasteiger charge is -2.15. The van der Waals surface area contributed by atoms with Crippen LogP contribution < -0.4 is 19.5 Å². The molecule has 2 aromatic carbocycles. The van der Waals surface area contributed by atoms with Crippen molar-refractivity contribution in [1.29, 1.82) is 0 Å². The van der Waals surface area contributed by atoms with E-state index in [2.05, 4.69) is 30.2 Å². The first-order valence-corrected chi connectivity index (χ1v) is 13.2. The zero-order valence-corrected chi connectivity index (χ0v) is 23.1. The van der Waals surface area contributed by atoms with Crippen molar-refractivity contribution >= 4 is 44.4 Å². The number of nitrogens with one attached hydrogen (secondary N) is 1. The van der Waals surface area contributed by atoms with E-state index in [1.165, 1.54) is 36.9 Å². The molecule has 2 N–H and O–H groups in total. The number of thiazole rings is 1. The minimum Gasteiger partial charge on any atom is -0.484 e. The summed E-state index contributed by atoms with van der Waals surface area (Å²) in [6, 6.07) is 6.83. The van der Waals surface area contributed by atoms with Crippen LogP contribution in [0.25, 0.3) is 31.8 Å². The van der Waals surface area contributed by atoms with Crippen molar-refractivity contribution in [1.82, 2.24) is 24.9 Å². The molecule has 1 atom stereocenters. The lowest BCUT2D eigenvalue weighted by molar-refractivity contribution is 0.0969. The molecule has 5 aromatic rings. The normalized spacial score (nSPS) is 11.8. The van der Waals surface area contributed by atoms with Gasteiger partial charge in [0, 0.05) is 17.7 Å². The number of aliphatic hydroxyl groups excluding tert-OH is 1. The number of fused-ring (bicyclic) bond motifs is 2. The fraction of sp³-hybridized carbons (Fsp3) is 0.259. The molecule has 0 bridgehead atoms. The topological polar surface area (TPSA) is 151 Å². The van der Waals surface area contributed by atoms with Gasteiger partial charge < -0.3 is 24.1 Å². The smallest absolute Gasteiger partial charge is 0.411 e. The van der Waals surface area contributed by atoms with Crippen LogP contribution in [0, 0.1) is 12.7 Å². The Kier molecular flexibility index (Phi) is 8.31. The van der Waals surface area contributed by atoms with Crippen molar-refractivity contribution in [2.24, 2.45) is 0 Å². The summed E-state index contributed by atoms with van der Waals surface area (Å²) in [7, 11) is 1.53.